The molecule has 0 aliphatic rings. The monoisotopic (exact) mass is 676 g/mol. The summed E-state index contributed by atoms with van der Waals surface area (Å²) in [4.78, 5) is 0. The van der Waals surface area contributed by atoms with Gasteiger partial charge in [-0.25, -0.2) is 0 Å². The fourth-order valence-corrected chi connectivity index (χ4v) is 24.8. The van der Waals surface area contributed by atoms with Crippen molar-refractivity contribution in [2.24, 2.45) is 0 Å². The Labute approximate surface area is 253 Å². The van der Waals surface area contributed by atoms with Gasteiger partial charge in [0.1, 0.15) is 0 Å². The first-order chi connectivity index (χ1) is 17.4. The number of hydrogen-bond donors (Lipinski definition) is 0. The highest BCUT2D eigenvalue weighted by Crippen LogP contribution is 2.54. The number of fused-ring (bicyclic) bond motifs is 2. The molecule has 0 aliphatic carbocycles. The van der Waals surface area contributed by atoms with Gasteiger partial charge >= 0.3 is 0 Å². The highest BCUT2D eigenvalue weighted by atomic mass is 32.2. The molecule has 0 spiro atoms. The van der Waals surface area contributed by atoms with E-state index in [0.29, 0.717) is 0 Å². The normalized spacial score (nSPS) is 14.8. The van der Waals surface area contributed by atoms with E-state index in [1.165, 1.54) is 0 Å². The lowest BCUT2D eigenvalue weighted by Crippen LogP contribution is -2.38. The van der Waals surface area contributed by atoms with E-state index < -0.39 is 32.3 Å². The van der Waals surface area contributed by atoms with Gasteiger partial charge in [-0.3, -0.25) is 0 Å². The van der Waals surface area contributed by atoms with Gasteiger partial charge in [-0.1, -0.05) is 78.6 Å². The third-order valence-corrected chi connectivity index (χ3v) is 29.4. The molecule has 0 saturated carbocycles. The molecule has 7 rings (SSSR count). The van der Waals surface area contributed by atoms with Crippen molar-refractivity contribution in [3.8, 4) is 0 Å². The molecule has 0 fully saturated rings. The molecular weight excluding hydrogens is 641 g/mol. The maximum atomic E-state index is 2.58. The topological polar surface area (TPSA) is 0 Å². The van der Waals surface area contributed by atoms with Crippen LogP contribution in [0.2, 0.25) is 78.6 Å². The molecule has 6 heterocycles. The summed E-state index contributed by atoms with van der Waals surface area (Å²) in [6, 6.07) is 0. The van der Waals surface area contributed by atoms with Gasteiger partial charge in [0.05, 0.1) is 48.3 Å². The molecule has 0 bridgehead atoms. The minimum Gasteiger partial charge on any atom is -0.133 e. The quantitative estimate of drug-likeness (QED) is 0.163. The summed E-state index contributed by atoms with van der Waals surface area (Å²) in [5, 5.41) is 13.4. The number of rotatable bonds is 4. The Morgan fingerprint density at radius 2 is 0.447 bits per heavy atom. The number of hydrogen-bond acceptors (Lipinski definition) is 6. The maximum Gasteiger partial charge on any atom is 0.0913 e. The van der Waals surface area contributed by atoms with Crippen LogP contribution in [-0.4, -0.2) is 32.3 Å². The fourth-order valence-electron chi connectivity index (χ4n) is 6.07. The molecule has 0 radical (unpaired) electrons. The standard InChI is InChI=1S/C28H36S6Si4/c1-35(2,3)25-17-13-14-19(27(37(7,8)9)33-22(14)29-21(13)31-25)20-16-15-18(17)26(36(4,5)6)32-23(15)30-24(16)34-28(20)38(10,11)12/h1-12H3. The zero-order chi connectivity index (χ0) is 27.5. The molecule has 0 nitrogen and oxygen atoms in total. The van der Waals surface area contributed by atoms with Gasteiger partial charge in [0.15, 0.2) is 0 Å². The van der Waals surface area contributed by atoms with Gasteiger partial charge in [-0.15, -0.1) is 68.0 Å². The van der Waals surface area contributed by atoms with Gasteiger partial charge in [0, 0.05) is 43.1 Å². The lowest BCUT2D eigenvalue weighted by Gasteiger charge is -2.20. The van der Waals surface area contributed by atoms with Gasteiger partial charge < -0.3 is 0 Å². The number of thiophene rings is 6. The average Bonchev–Trinajstić information content (AvgIpc) is 3.48. The molecular formula is C28H36S6Si4. The van der Waals surface area contributed by atoms with Gasteiger partial charge in [-0.2, -0.15) is 0 Å². The van der Waals surface area contributed by atoms with Crippen LogP contribution in [0.15, 0.2) is 0 Å². The van der Waals surface area contributed by atoms with Crippen LogP contribution in [0.5, 0.6) is 0 Å². The Hall–Kier alpha value is 0.108. The van der Waals surface area contributed by atoms with E-state index in [1.54, 1.807) is 77.1 Å². The van der Waals surface area contributed by atoms with Gasteiger partial charge in [-0.05, 0) is 18.0 Å². The molecule has 38 heavy (non-hydrogen) atoms. The summed E-state index contributed by atoms with van der Waals surface area (Å²) >= 11 is 13.0. The van der Waals surface area contributed by atoms with E-state index in [2.05, 4.69) is 147 Å². The molecule has 0 unspecified atom stereocenters. The predicted molar refractivity (Wildman–Crippen MR) is 202 cm³/mol. The van der Waals surface area contributed by atoms with E-state index in [1.807, 2.05) is 0 Å². The van der Waals surface area contributed by atoms with Crippen molar-refractivity contribution in [1.82, 2.24) is 0 Å². The van der Waals surface area contributed by atoms with Crippen LogP contribution in [0.3, 0.4) is 0 Å². The SMILES string of the molecule is C[Si](C)(C)c1sc2sc3sc([Si](C)(C)C)c4c5c([Si](C)(C)C)sc6sc7sc([Si](C)(C)C)c(c1c2c34)c7c65. The molecule has 1 aromatic carbocycles. The van der Waals surface area contributed by atoms with Crippen molar-refractivity contribution in [3.63, 3.8) is 0 Å². The lowest BCUT2D eigenvalue weighted by atomic mass is 10.0. The second kappa shape index (κ2) is 7.93. The van der Waals surface area contributed by atoms with Crippen molar-refractivity contribution >= 4 is 177 Å². The van der Waals surface area contributed by atoms with Crippen molar-refractivity contribution in [3.05, 3.63) is 0 Å². The largest absolute Gasteiger partial charge is 0.133 e. The Morgan fingerprint density at radius 3 is 0.605 bits per heavy atom. The first-order valence-electron chi connectivity index (χ1n) is 13.4. The molecule has 10 heteroatoms. The minimum absolute atomic E-state index is 1.55. The van der Waals surface area contributed by atoms with E-state index in [9.17, 15) is 0 Å². The molecule has 6 aromatic heterocycles. The van der Waals surface area contributed by atoms with Crippen LogP contribution in [0, 0.1) is 0 Å². The second-order valence-electron chi connectivity index (χ2n) is 15.1. The van der Waals surface area contributed by atoms with Crippen molar-refractivity contribution in [2.45, 2.75) is 78.6 Å². The third kappa shape index (κ3) is 3.54. The van der Waals surface area contributed by atoms with Crippen molar-refractivity contribution < 1.29 is 0 Å². The van der Waals surface area contributed by atoms with E-state index in [-0.39, 0.29) is 0 Å². The average molecular weight is 677 g/mol. The van der Waals surface area contributed by atoms with Crippen molar-refractivity contribution in [1.29, 1.82) is 0 Å². The molecule has 0 atom stereocenters. The summed E-state index contributed by atoms with van der Waals surface area (Å²) < 4.78 is 13.4. The molecule has 0 aliphatic heterocycles. The zero-order valence-corrected chi connectivity index (χ0v) is 33.3. The highest BCUT2D eigenvalue weighted by Gasteiger charge is 2.37. The first kappa shape index (κ1) is 27.0. The van der Waals surface area contributed by atoms with E-state index in [0.717, 1.165) is 0 Å². The van der Waals surface area contributed by atoms with Crippen LogP contribution < -0.4 is 18.0 Å². The van der Waals surface area contributed by atoms with Gasteiger partial charge in [0.25, 0.3) is 0 Å². The van der Waals surface area contributed by atoms with E-state index in [4.69, 9.17) is 0 Å². The molecule has 0 amide bonds. The van der Waals surface area contributed by atoms with Crippen LogP contribution in [-0.2, 0) is 0 Å². The highest BCUT2D eigenvalue weighted by molar-refractivity contribution is 7.56. The minimum atomic E-state index is -1.55. The van der Waals surface area contributed by atoms with Crippen LogP contribution >= 0.6 is 68.0 Å². The summed E-state index contributed by atoms with van der Waals surface area (Å²) in [6.07, 6.45) is 0. The maximum absolute atomic E-state index is 2.58. The Morgan fingerprint density at radius 1 is 0.263 bits per heavy atom. The van der Waals surface area contributed by atoms with E-state index >= 15 is 0 Å². The summed E-state index contributed by atoms with van der Waals surface area (Å²) in [5.74, 6) is 0. The summed E-state index contributed by atoms with van der Waals surface area (Å²) in [7, 11) is -6.21. The van der Waals surface area contributed by atoms with Gasteiger partial charge in [0.2, 0.25) is 0 Å². The second-order valence-corrected chi connectivity index (χ2v) is 43.7. The van der Waals surface area contributed by atoms with Crippen molar-refractivity contribution in [2.75, 3.05) is 0 Å². The molecule has 0 saturated heterocycles. The Kier molecular flexibility index (Phi) is 5.63. The van der Waals surface area contributed by atoms with Crippen LogP contribution in [0.1, 0.15) is 0 Å². The molecule has 0 N–H and O–H groups in total. The summed E-state index contributed by atoms with van der Waals surface area (Å²) in [5.41, 5.74) is 0. The fraction of sp³-hybridized carbons (Fsp3) is 0.429. The first-order valence-corrected chi connectivity index (χ1v) is 32.3. The summed E-state index contributed by atoms with van der Waals surface area (Å²) in [6.45, 7) is 31.0. The Bertz CT molecular complexity index is 1760. The third-order valence-electron chi connectivity index (χ3n) is 7.60. The Balaban J connectivity index is 1.96. The predicted octanol–water partition coefficient (Wildman–Crippen LogP) is 10.6. The lowest BCUT2D eigenvalue weighted by molar-refractivity contribution is 1.80. The molecule has 7 aromatic rings. The smallest absolute Gasteiger partial charge is 0.0913 e. The van der Waals surface area contributed by atoms with Crippen LogP contribution in [0.25, 0.3) is 59.1 Å². The zero-order valence-electron chi connectivity index (χ0n) is 24.4. The molecule has 200 valence electrons. The van der Waals surface area contributed by atoms with Crippen LogP contribution in [0.4, 0.5) is 0 Å².